The third kappa shape index (κ3) is 3.97. The number of hydrogen-bond donors (Lipinski definition) is 6. The Hall–Kier alpha value is -4.37. The standard InChI is InChI=1S/C24H22N6O3/c1-13-9-15(22-25-7-8-26-22)11-18-21(13)30-23(29-18)20-17(5-6-27-24(20)33)28-12-19(32)14-3-2-4-16(31)10-14/h2-11,19,31-32H,12H2,1H3,(H,25,26)(H,29,30)(H2,27,28,33). The number of aliphatic hydroxyl groups is 1. The van der Waals surface area contributed by atoms with Crippen molar-refractivity contribution in [2.24, 2.45) is 0 Å². The summed E-state index contributed by atoms with van der Waals surface area (Å²) < 4.78 is 0. The molecule has 166 valence electrons. The average molecular weight is 442 g/mol. The molecular weight excluding hydrogens is 420 g/mol. The van der Waals surface area contributed by atoms with Crippen LogP contribution in [0.3, 0.4) is 0 Å². The van der Waals surface area contributed by atoms with Gasteiger partial charge in [-0.15, -0.1) is 0 Å². The fourth-order valence-electron chi connectivity index (χ4n) is 3.89. The number of nitrogens with zero attached hydrogens (tertiary/aromatic N) is 2. The normalized spacial score (nSPS) is 12.2. The number of aromatic hydroxyl groups is 1. The molecule has 0 amide bonds. The van der Waals surface area contributed by atoms with Crippen LogP contribution in [0.2, 0.25) is 0 Å². The monoisotopic (exact) mass is 442 g/mol. The van der Waals surface area contributed by atoms with Gasteiger partial charge in [-0.25, -0.2) is 9.97 Å². The van der Waals surface area contributed by atoms with E-state index in [2.05, 4.69) is 30.2 Å². The van der Waals surface area contributed by atoms with Crippen molar-refractivity contribution >= 4 is 16.7 Å². The van der Waals surface area contributed by atoms with Crippen LogP contribution in [0.15, 0.2) is 65.8 Å². The van der Waals surface area contributed by atoms with E-state index in [1.165, 1.54) is 12.3 Å². The highest BCUT2D eigenvalue weighted by atomic mass is 16.3. The molecular formula is C24H22N6O3. The summed E-state index contributed by atoms with van der Waals surface area (Å²) in [6, 6.07) is 12.1. The molecule has 3 heterocycles. The van der Waals surface area contributed by atoms with Gasteiger partial charge in [-0.05, 0) is 48.4 Å². The van der Waals surface area contributed by atoms with Gasteiger partial charge in [-0.2, -0.15) is 0 Å². The van der Waals surface area contributed by atoms with E-state index in [0.29, 0.717) is 22.6 Å². The van der Waals surface area contributed by atoms with Crippen molar-refractivity contribution in [3.8, 4) is 28.5 Å². The van der Waals surface area contributed by atoms with Crippen molar-refractivity contribution in [1.82, 2.24) is 24.9 Å². The molecule has 3 aromatic heterocycles. The fourth-order valence-corrected chi connectivity index (χ4v) is 3.89. The van der Waals surface area contributed by atoms with Crippen molar-refractivity contribution in [1.29, 1.82) is 0 Å². The van der Waals surface area contributed by atoms with Gasteiger partial charge in [-0.3, -0.25) is 4.79 Å². The molecule has 0 aliphatic rings. The number of H-pyrrole nitrogens is 3. The molecule has 1 unspecified atom stereocenters. The number of phenols is 1. The van der Waals surface area contributed by atoms with Gasteiger partial charge >= 0.3 is 0 Å². The molecule has 0 fully saturated rings. The van der Waals surface area contributed by atoms with Crippen LogP contribution in [0, 0.1) is 6.92 Å². The molecule has 5 aromatic rings. The minimum Gasteiger partial charge on any atom is -0.508 e. The van der Waals surface area contributed by atoms with E-state index in [4.69, 9.17) is 0 Å². The Morgan fingerprint density at radius 1 is 1.09 bits per heavy atom. The lowest BCUT2D eigenvalue weighted by Crippen LogP contribution is -2.17. The second kappa shape index (κ2) is 8.29. The number of nitrogens with one attached hydrogen (secondary N) is 4. The number of aryl methyl sites for hydroxylation is 1. The van der Waals surface area contributed by atoms with Crippen molar-refractivity contribution in [3.05, 3.63) is 82.5 Å². The van der Waals surface area contributed by atoms with Crippen molar-refractivity contribution < 1.29 is 10.2 Å². The predicted octanol–water partition coefficient (Wildman–Crippen LogP) is 3.47. The number of anilines is 1. The summed E-state index contributed by atoms with van der Waals surface area (Å²) in [6.45, 7) is 2.10. The smallest absolute Gasteiger partial charge is 0.261 e. The minimum atomic E-state index is -0.877. The van der Waals surface area contributed by atoms with E-state index >= 15 is 0 Å². The number of pyridine rings is 1. The molecule has 0 radical (unpaired) electrons. The number of hydrogen-bond acceptors (Lipinski definition) is 6. The molecule has 9 nitrogen and oxygen atoms in total. The maximum absolute atomic E-state index is 12.7. The zero-order valence-corrected chi connectivity index (χ0v) is 17.8. The highest BCUT2D eigenvalue weighted by molar-refractivity contribution is 5.88. The summed E-state index contributed by atoms with van der Waals surface area (Å²) in [5.74, 6) is 1.24. The Labute approximate surface area is 188 Å². The maximum atomic E-state index is 12.7. The van der Waals surface area contributed by atoms with E-state index < -0.39 is 6.10 Å². The molecule has 0 spiro atoms. The average Bonchev–Trinajstić information content (AvgIpc) is 3.48. The SMILES string of the molecule is Cc1cc(-c2ncc[nH]2)cc2[nH]c(-c3c(NCC(O)c4cccc(O)c4)cc[nH]c3=O)nc12. The third-order valence-corrected chi connectivity index (χ3v) is 5.49. The third-order valence-electron chi connectivity index (χ3n) is 5.49. The Morgan fingerprint density at radius 2 is 1.97 bits per heavy atom. The van der Waals surface area contributed by atoms with Crippen LogP contribution in [0.4, 0.5) is 5.69 Å². The summed E-state index contributed by atoms with van der Waals surface area (Å²) in [5.41, 5.74) is 4.53. The molecule has 0 saturated carbocycles. The first-order chi connectivity index (χ1) is 16.0. The number of fused-ring (bicyclic) bond motifs is 1. The van der Waals surface area contributed by atoms with Crippen LogP contribution in [-0.2, 0) is 0 Å². The van der Waals surface area contributed by atoms with Gasteiger partial charge in [0.2, 0.25) is 0 Å². The van der Waals surface area contributed by atoms with Crippen molar-refractivity contribution in [3.63, 3.8) is 0 Å². The lowest BCUT2D eigenvalue weighted by molar-refractivity contribution is 0.191. The van der Waals surface area contributed by atoms with Gasteiger partial charge in [0.15, 0.2) is 0 Å². The summed E-state index contributed by atoms with van der Waals surface area (Å²) in [6.07, 6.45) is 4.12. The highest BCUT2D eigenvalue weighted by Crippen LogP contribution is 2.29. The highest BCUT2D eigenvalue weighted by Gasteiger charge is 2.17. The zero-order valence-electron chi connectivity index (χ0n) is 17.8. The van der Waals surface area contributed by atoms with Gasteiger partial charge in [0.05, 0.1) is 22.8 Å². The summed E-state index contributed by atoms with van der Waals surface area (Å²) >= 11 is 0. The molecule has 2 aromatic carbocycles. The largest absolute Gasteiger partial charge is 0.508 e. The molecule has 0 saturated heterocycles. The molecule has 0 bridgehead atoms. The molecule has 6 N–H and O–H groups in total. The Balaban J connectivity index is 1.49. The van der Waals surface area contributed by atoms with Crippen LogP contribution in [0.1, 0.15) is 17.2 Å². The molecule has 33 heavy (non-hydrogen) atoms. The summed E-state index contributed by atoms with van der Waals surface area (Å²) in [4.78, 5) is 30.8. The summed E-state index contributed by atoms with van der Waals surface area (Å²) in [5, 5.41) is 23.3. The van der Waals surface area contributed by atoms with Gasteiger partial charge in [-0.1, -0.05) is 12.1 Å². The van der Waals surface area contributed by atoms with Crippen LogP contribution in [0.25, 0.3) is 33.8 Å². The predicted molar refractivity (Wildman–Crippen MR) is 126 cm³/mol. The van der Waals surface area contributed by atoms with E-state index in [1.54, 1.807) is 36.7 Å². The first-order valence-electron chi connectivity index (χ1n) is 10.4. The number of benzene rings is 2. The molecule has 5 rings (SSSR count). The Kier molecular flexibility index (Phi) is 5.15. The van der Waals surface area contributed by atoms with Crippen LogP contribution in [0.5, 0.6) is 5.75 Å². The second-order valence-corrected chi connectivity index (χ2v) is 7.80. The van der Waals surface area contributed by atoms with E-state index in [0.717, 1.165) is 28.0 Å². The molecule has 1 atom stereocenters. The molecule has 0 aliphatic heterocycles. The Morgan fingerprint density at radius 3 is 2.76 bits per heavy atom. The first-order valence-corrected chi connectivity index (χ1v) is 10.4. The first kappa shape index (κ1) is 20.5. The van der Waals surface area contributed by atoms with Gasteiger partial charge in [0.1, 0.15) is 23.0 Å². The van der Waals surface area contributed by atoms with Crippen LogP contribution < -0.4 is 10.9 Å². The molecule has 0 aliphatic carbocycles. The zero-order chi connectivity index (χ0) is 22.9. The van der Waals surface area contributed by atoms with Crippen LogP contribution >= 0.6 is 0 Å². The topological polar surface area (TPSA) is 143 Å². The van der Waals surface area contributed by atoms with Crippen molar-refractivity contribution in [2.75, 3.05) is 11.9 Å². The maximum Gasteiger partial charge on any atom is 0.261 e. The van der Waals surface area contributed by atoms with E-state index in [9.17, 15) is 15.0 Å². The minimum absolute atomic E-state index is 0.0787. The van der Waals surface area contributed by atoms with Gasteiger partial charge in [0.25, 0.3) is 5.56 Å². The lowest BCUT2D eigenvalue weighted by atomic mass is 10.1. The van der Waals surface area contributed by atoms with E-state index in [1.807, 2.05) is 19.1 Å². The summed E-state index contributed by atoms with van der Waals surface area (Å²) in [7, 11) is 0. The van der Waals surface area contributed by atoms with Gasteiger partial charge in [0, 0.05) is 30.7 Å². The fraction of sp³-hybridized carbons (Fsp3) is 0.125. The lowest BCUT2D eigenvalue weighted by Gasteiger charge is -2.15. The van der Waals surface area contributed by atoms with Gasteiger partial charge < -0.3 is 30.5 Å². The Bertz CT molecular complexity index is 1490. The van der Waals surface area contributed by atoms with E-state index in [-0.39, 0.29) is 17.9 Å². The number of imidazole rings is 2. The number of aromatic amines is 3. The molecule has 9 heteroatoms. The number of aromatic nitrogens is 5. The second-order valence-electron chi connectivity index (χ2n) is 7.80. The number of aliphatic hydroxyl groups excluding tert-OH is 1. The van der Waals surface area contributed by atoms with Crippen molar-refractivity contribution in [2.45, 2.75) is 13.0 Å². The quantitative estimate of drug-likeness (QED) is 0.238. The van der Waals surface area contributed by atoms with Crippen LogP contribution in [-0.4, -0.2) is 41.7 Å². The number of phenolic OH excluding ortho intramolecular Hbond substituents is 1. The number of rotatable bonds is 6.